The third kappa shape index (κ3) is 4.77. The van der Waals surface area contributed by atoms with Gasteiger partial charge in [0.15, 0.2) is 11.6 Å². The van der Waals surface area contributed by atoms with Crippen LogP contribution in [-0.2, 0) is 0 Å². The Bertz CT molecular complexity index is 998. The lowest BCUT2D eigenvalue weighted by Gasteiger charge is -2.41. The molecule has 29 heavy (non-hydrogen) atoms. The van der Waals surface area contributed by atoms with Crippen LogP contribution in [0.25, 0.3) is 0 Å². The standard InChI is InChI=1S/C19H17FN4O5/c1-22(19(25)26)15-11-23(12-15)8-2-3-13-10-21-7-6-17(13)29-18-5-4-14(24(27)28)9-16(18)20/h4-7,9-10,15H,8,11-12H2,1H3,(H,25,26). The van der Waals surface area contributed by atoms with Crippen molar-refractivity contribution in [2.75, 3.05) is 26.7 Å². The summed E-state index contributed by atoms with van der Waals surface area (Å²) >= 11 is 0. The Morgan fingerprint density at radius 3 is 2.86 bits per heavy atom. The molecule has 1 aromatic heterocycles. The van der Waals surface area contributed by atoms with E-state index in [-0.39, 0.29) is 23.2 Å². The van der Waals surface area contributed by atoms with E-state index >= 15 is 0 Å². The number of nitro groups is 1. The molecule has 1 N–H and O–H groups in total. The zero-order valence-electron chi connectivity index (χ0n) is 15.4. The second kappa shape index (κ2) is 8.53. The van der Waals surface area contributed by atoms with Crippen LogP contribution in [0, 0.1) is 27.8 Å². The third-order valence-corrected chi connectivity index (χ3v) is 4.44. The number of hydrogen-bond acceptors (Lipinski definition) is 6. The molecule has 1 fully saturated rings. The van der Waals surface area contributed by atoms with Crippen molar-refractivity contribution in [2.45, 2.75) is 6.04 Å². The number of nitro benzene ring substituents is 1. The number of hydrogen-bond donors (Lipinski definition) is 1. The summed E-state index contributed by atoms with van der Waals surface area (Å²) in [5.74, 6) is 5.13. The minimum atomic E-state index is -0.962. The molecule has 0 saturated carbocycles. The molecule has 10 heteroatoms. The third-order valence-electron chi connectivity index (χ3n) is 4.44. The van der Waals surface area contributed by atoms with Crippen molar-refractivity contribution >= 4 is 11.8 Å². The molecule has 1 aliphatic rings. The highest BCUT2D eigenvalue weighted by atomic mass is 19.1. The van der Waals surface area contributed by atoms with Crippen LogP contribution in [-0.4, -0.2) is 63.6 Å². The molecular weight excluding hydrogens is 383 g/mol. The Morgan fingerprint density at radius 1 is 1.45 bits per heavy atom. The van der Waals surface area contributed by atoms with Crippen molar-refractivity contribution < 1.29 is 24.0 Å². The number of pyridine rings is 1. The van der Waals surface area contributed by atoms with Crippen LogP contribution in [0.2, 0.25) is 0 Å². The molecule has 1 saturated heterocycles. The summed E-state index contributed by atoms with van der Waals surface area (Å²) < 4.78 is 19.6. The van der Waals surface area contributed by atoms with Gasteiger partial charge < -0.3 is 14.7 Å². The van der Waals surface area contributed by atoms with Crippen molar-refractivity contribution in [3.05, 3.63) is 58.2 Å². The quantitative estimate of drug-likeness (QED) is 0.467. The van der Waals surface area contributed by atoms with Gasteiger partial charge in [0, 0.05) is 44.7 Å². The number of nitrogens with zero attached hydrogens (tertiary/aromatic N) is 4. The minimum Gasteiger partial charge on any atom is -0.465 e. The molecule has 3 rings (SSSR count). The zero-order valence-corrected chi connectivity index (χ0v) is 15.4. The Labute approximate surface area is 165 Å². The van der Waals surface area contributed by atoms with Crippen LogP contribution in [0.3, 0.4) is 0 Å². The fraction of sp³-hybridized carbons (Fsp3) is 0.263. The number of carboxylic acid groups (broad SMARTS) is 1. The van der Waals surface area contributed by atoms with Gasteiger partial charge in [0.25, 0.3) is 5.69 Å². The fourth-order valence-corrected chi connectivity index (χ4v) is 2.69. The summed E-state index contributed by atoms with van der Waals surface area (Å²) in [4.78, 5) is 28.2. The first-order valence-corrected chi connectivity index (χ1v) is 8.58. The monoisotopic (exact) mass is 400 g/mol. The van der Waals surface area contributed by atoms with Gasteiger partial charge in [0.1, 0.15) is 5.75 Å². The van der Waals surface area contributed by atoms with Gasteiger partial charge >= 0.3 is 6.09 Å². The first-order chi connectivity index (χ1) is 13.8. The van der Waals surface area contributed by atoms with Gasteiger partial charge in [-0.15, -0.1) is 0 Å². The normalized spacial score (nSPS) is 13.7. The van der Waals surface area contributed by atoms with E-state index in [9.17, 15) is 19.3 Å². The van der Waals surface area contributed by atoms with E-state index in [2.05, 4.69) is 16.8 Å². The lowest BCUT2D eigenvalue weighted by atomic mass is 10.1. The second-order valence-corrected chi connectivity index (χ2v) is 6.39. The molecule has 150 valence electrons. The SMILES string of the molecule is CN(C(=O)O)C1CN(CC#Cc2cnccc2Oc2ccc([N+](=O)[O-])cc2F)C1. The number of halogens is 1. The van der Waals surface area contributed by atoms with Crippen molar-refractivity contribution in [2.24, 2.45) is 0 Å². The molecule has 1 aromatic carbocycles. The molecule has 0 atom stereocenters. The van der Waals surface area contributed by atoms with Gasteiger partial charge in [0.2, 0.25) is 0 Å². The number of benzene rings is 1. The number of amides is 1. The number of non-ortho nitro benzene ring substituents is 1. The lowest BCUT2D eigenvalue weighted by Crippen LogP contribution is -2.59. The highest BCUT2D eigenvalue weighted by Crippen LogP contribution is 2.29. The molecule has 0 unspecified atom stereocenters. The molecule has 1 amide bonds. The molecule has 2 aromatic rings. The largest absolute Gasteiger partial charge is 0.465 e. The predicted octanol–water partition coefficient (Wildman–Crippen LogP) is 2.57. The number of aromatic nitrogens is 1. The average molecular weight is 400 g/mol. The Balaban J connectivity index is 1.64. The van der Waals surface area contributed by atoms with Gasteiger partial charge in [-0.2, -0.15) is 0 Å². The van der Waals surface area contributed by atoms with Gasteiger partial charge in [-0.05, 0) is 6.07 Å². The molecule has 1 aliphatic heterocycles. The number of likely N-dealkylation sites (N-methyl/N-ethyl adjacent to an activating group) is 1. The topological polar surface area (TPSA) is 109 Å². The van der Waals surface area contributed by atoms with Crippen molar-refractivity contribution in [1.82, 2.24) is 14.8 Å². The van der Waals surface area contributed by atoms with Crippen LogP contribution in [0.1, 0.15) is 5.56 Å². The molecule has 9 nitrogen and oxygen atoms in total. The maximum absolute atomic E-state index is 14.1. The van der Waals surface area contributed by atoms with Crippen LogP contribution in [0.15, 0.2) is 36.7 Å². The maximum Gasteiger partial charge on any atom is 0.407 e. The summed E-state index contributed by atoms with van der Waals surface area (Å²) in [6.07, 6.45) is 1.98. The number of likely N-dealkylation sites (tertiary alicyclic amines) is 1. The second-order valence-electron chi connectivity index (χ2n) is 6.39. The van der Waals surface area contributed by atoms with Crippen LogP contribution in [0.5, 0.6) is 11.5 Å². The molecule has 0 radical (unpaired) electrons. The summed E-state index contributed by atoms with van der Waals surface area (Å²) in [6, 6.07) is 4.60. The summed E-state index contributed by atoms with van der Waals surface area (Å²) in [5.41, 5.74) is 0.0657. The summed E-state index contributed by atoms with van der Waals surface area (Å²) in [6.45, 7) is 1.63. The Hall–Kier alpha value is -3.71. The van der Waals surface area contributed by atoms with E-state index in [1.54, 1.807) is 0 Å². The van der Waals surface area contributed by atoms with E-state index in [0.29, 0.717) is 25.2 Å². The van der Waals surface area contributed by atoms with E-state index in [1.165, 1.54) is 36.5 Å². The Morgan fingerprint density at radius 2 is 2.21 bits per heavy atom. The first-order valence-electron chi connectivity index (χ1n) is 8.58. The van der Waals surface area contributed by atoms with Crippen molar-refractivity contribution in [3.63, 3.8) is 0 Å². The van der Waals surface area contributed by atoms with Gasteiger partial charge in [-0.25, -0.2) is 9.18 Å². The minimum absolute atomic E-state index is 0.0447. The van der Waals surface area contributed by atoms with Crippen LogP contribution < -0.4 is 4.74 Å². The maximum atomic E-state index is 14.1. The number of rotatable bonds is 5. The molecule has 2 heterocycles. The van der Waals surface area contributed by atoms with Crippen molar-refractivity contribution in [1.29, 1.82) is 0 Å². The van der Waals surface area contributed by atoms with E-state index in [1.807, 2.05) is 4.90 Å². The molecule has 0 bridgehead atoms. The number of carbonyl (C=O) groups is 1. The van der Waals surface area contributed by atoms with Crippen LogP contribution in [0.4, 0.5) is 14.9 Å². The zero-order chi connectivity index (χ0) is 21.0. The average Bonchev–Trinajstić information content (AvgIpc) is 2.65. The van der Waals surface area contributed by atoms with E-state index < -0.39 is 16.8 Å². The molecule has 0 spiro atoms. The summed E-state index contributed by atoms with van der Waals surface area (Å²) in [7, 11) is 1.53. The highest BCUT2D eigenvalue weighted by molar-refractivity contribution is 5.65. The van der Waals surface area contributed by atoms with Gasteiger partial charge in [-0.1, -0.05) is 11.8 Å². The molecular formula is C19H17FN4O5. The first kappa shape index (κ1) is 20.0. The lowest BCUT2D eigenvalue weighted by molar-refractivity contribution is -0.385. The summed E-state index contributed by atoms with van der Waals surface area (Å²) in [5, 5.41) is 19.6. The van der Waals surface area contributed by atoms with Gasteiger partial charge in [-0.3, -0.25) is 20.0 Å². The van der Waals surface area contributed by atoms with E-state index in [4.69, 9.17) is 9.84 Å². The van der Waals surface area contributed by atoms with Crippen LogP contribution >= 0.6 is 0 Å². The predicted molar refractivity (Wildman–Crippen MR) is 100 cm³/mol. The highest BCUT2D eigenvalue weighted by Gasteiger charge is 2.31. The fourth-order valence-electron chi connectivity index (χ4n) is 2.69. The number of ether oxygens (including phenoxy) is 1. The van der Waals surface area contributed by atoms with Crippen molar-refractivity contribution in [3.8, 4) is 23.3 Å². The smallest absolute Gasteiger partial charge is 0.407 e. The molecule has 0 aliphatic carbocycles. The Kier molecular flexibility index (Phi) is 5.90. The van der Waals surface area contributed by atoms with Gasteiger partial charge in [0.05, 0.1) is 29.1 Å². The van der Waals surface area contributed by atoms with E-state index in [0.717, 1.165) is 12.1 Å².